The third-order valence-electron chi connectivity index (χ3n) is 4.91. The van der Waals surface area contributed by atoms with E-state index in [1.165, 1.54) is 11.3 Å². The van der Waals surface area contributed by atoms with Crippen LogP contribution in [0.25, 0.3) is 0 Å². The number of pyridine rings is 1. The van der Waals surface area contributed by atoms with Crippen LogP contribution in [0, 0.1) is 5.92 Å². The number of hydrogen-bond donors (Lipinski definition) is 2. The van der Waals surface area contributed by atoms with E-state index in [1.54, 1.807) is 0 Å². The third kappa shape index (κ3) is 4.63. The van der Waals surface area contributed by atoms with Crippen molar-refractivity contribution in [2.75, 3.05) is 48.9 Å². The highest BCUT2D eigenvalue weighted by molar-refractivity contribution is 5.50. The molecular weight excluding hydrogens is 312 g/mol. The molecule has 0 spiro atoms. The highest BCUT2D eigenvalue weighted by Gasteiger charge is 2.18. The van der Waals surface area contributed by atoms with Crippen molar-refractivity contribution >= 4 is 17.2 Å². The number of benzene rings is 1. The average molecular weight is 340 g/mol. The zero-order chi connectivity index (χ0) is 17.6. The van der Waals surface area contributed by atoms with Crippen molar-refractivity contribution < 1.29 is 5.11 Å². The van der Waals surface area contributed by atoms with E-state index >= 15 is 0 Å². The van der Waals surface area contributed by atoms with E-state index in [1.807, 2.05) is 26.4 Å². The zero-order valence-corrected chi connectivity index (χ0v) is 15.2. The number of aliphatic hydroxyl groups is 1. The summed E-state index contributed by atoms with van der Waals surface area (Å²) in [5, 5.41) is 12.6. The van der Waals surface area contributed by atoms with Crippen LogP contribution < -0.4 is 15.1 Å². The summed E-state index contributed by atoms with van der Waals surface area (Å²) < 4.78 is 0. The van der Waals surface area contributed by atoms with Gasteiger partial charge in [-0.3, -0.25) is 0 Å². The van der Waals surface area contributed by atoms with Crippen LogP contribution in [-0.4, -0.2) is 43.9 Å². The number of aromatic nitrogens is 1. The molecule has 5 heteroatoms. The van der Waals surface area contributed by atoms with E-state index in [0.717, 1.165) is 44.0 Å². The van der Waals surface area contributed by atoms with Crippen LogP contribution in [0.3, 0.4) is 0 Å². The van der Waals surface area contributed by atoms with Gasteiger partial charge in [-0.05, 0) is 48.6 Å². The van der Waals surface area contributed by atoms with Crippen LogP contribution in [0.4, 0.5) is 17.2 Å². The van der Waals surface area contributed by atoms with Gasteiger partial charge in [0.25, 0.3) is 0 Å². The molecule has 0 aliphatic carbocycles. The van der Waals surface area contributed by atoms with E-state index < -0.39 is 0 Å². The largest absolute Gasteiger partial charge is 0.396 e. The average Bonchev–Trinajstić information content (AvgIpc) is 2.67. The first-order valence-electron chi connectivity index (χ1n) is 8.97. The van der Waals surface area contributed by atoms with Gasteiger partial charge in [0.15, 0.2) is 0 Å². The number of anilines is 3. The Labute approximate surface area is 150 Å². The molecule has 5 nitrogen and oxygen atoms in total. The van der Waals surface area contributed by atoms with E-state index in [4.69, 9.17) is 0 Å². The SMILES string of the molecule is CN(C)c1ccc(CNc2ccc(N3CCC(CO)CC3)cn2)cc1. The molecule has 2 aromatic rings. The maximum absolute atomic E-state index is 9.24. The maximum Gasteiger partial charge on any atom is 0.126 e. The second-order valence-electron chi connectivity index (χ2n) is 6.93. The smallest absolute Gasteiger partial charge is 0.126 e. The first kappa shape index (κ1) is 17.5. The van der Waals surface area contributed by atoms with Gasteiger partial charge in [-0.2, -0.15) is 0 Å². The minimum absolute atomic E-state index is 0.310. The molecule has 3 rings (SSSR count). The van der Waals surface area contributed by atoms with Crippen LogP contribution in [0.15, 0.2) is 42.6 Å². The number of rotatable bonds is 6. The van der Waals surface area contributed by atoms with Crippen LogP contribution in [0.5, 0.6) is 0 Å². The van der Waals surface area contributed by atoms with Crippen LogP contribution in [0.2, 0.25) is 0 Å². The van der Waals surface area contributed by atoms with E-state index in [0.29, 0.717) is 12.5 Å². The topological polar surface area (TPSA) is 51.6 Å². The molecule has 2 N–H and O–H groups in total. The second kappa shape index (κ2) is 8.21. The molecule has 0 amide bonds. The van der Waals surface area contributed by atoms with Crippen molar-refractivity contribution in [2.24, 2.45) is 5.92 Å². The molecule has 1 aliphatic rings. The fourth-order valence-corrected chi connectivity index (χ4v) is 3.16. The minimum Gasteiger partial charge on any atom is -0.396 e. The molecule has 1 saturated heterocycles. The molecule has 0 unspecified atom stereocenters. The monoisotopic (exact) mass is 340 g/mol. The van der Waals surface area contributed by atoms with Crippen molar-refractivity contribution in [1.29, 1.82) is 0 Å². The highest BCUT2D eigenvalue weighted by Crippen LogP contribution is 2.23. The Morgan fingerprint density at radius 3 is 2.40 bits per heavy atom. The van der Waals surface area contributed by atoms with Gasteiger partial charge in [0.1, 0.15) is 5.82 Å². The standard InChI is InChI=1S/C20H28N4O/c1-23(2)18-5-3-16(4-6-18)13-21-20-8-7-19(14-22-20)24-11-9-17(15-25)10-12-24/h3-8,14,17,25H,9-13,15H2,1-2H3,(H,21,22). The Kier molecular flexibility index (Phi) is 5.76. The number of aliphatic hydroxyl groups excluding tert-OH is 1. The van der Waals surface area contributed by atoms with Crippen LogP contribution >= 0.6 is 0 Å². The predicted molar refractivity (Wildman–Crippen MR) is 104 cm³/mol. The van der Waals surface area contributed by atoms with Gasteiger partial charge in [0.05, 0.1) is 11.9 Å². The van der Waals surface area contributed by atoms with Crippen LogP contribution in [-0.2, 0) is 6.54 Å². The van der Waals surface area contributed by atoms with E-state index in [9.17, 15) is 5.11 Å². The Morgan fingerprint density at radius 1 is 1.12 bits per heavy atom. The zero-order valence-electron chi connectivity index (χ0n) is 15.2. The molecule has 1 fully saturated rings. The van der Waals surface area contributed by atoms with Gasteiger partial charge in [0.2, 0.25) is 0 Å². The fourth-order valence-electron chi connectivity index (χ4n) is 3.16. The number of nitrogens with zero attached hydrogens (tertiary/aromatic N) is 3. The summed E-state index contributed by atoms with van der Waals surface area (Å²) in [6, 6.07) is 12.7. The van der Waals surface area contributed by atoms with Crippen molar-refractivity contribution in [2.45, 2.75) is 19.4 Å². The lowest BCUT2D eigenvalue weighted by atomic mass is 9.98. The number of piperidine rings is 1. The first-order chi connectivity index (χ1) is 12.2. The summed E-state index contributed by atoms with van der Waals surface area (Å²) in [7, 11) is 4.09. The van der Waals surface area contributed by atoms with Crippen molar-refractivity contribution in [3.63, 3.8) is 0 Å². The van der Waals surface area contributed by atoms with E-state index in [2.05, 4.69) is 50.4 Å². The van der Waals surface area contributed by atoms with Gasteiger partial charge >= 0.3 is 0 Å². The molecule has 1 aromatic heterocycles. The lowest BCUT2D eigenvalue weighted by Crippen LogP contribution is -2.34. The lowest BCUT2D eigenvalue weighted by Gasteiger charge is -2.32. The van der Waals surface area contributed by atoms with Crippen molar-refractivity contribution in [3.05, 3.63) is 48.2 Å². The normalized spacial score (nSPS) is 15.2. The van der Waals surface area contributed by atoms with Gasteiger partial charge in [0, 0.05) is 46.0 Å². The predicted octanol–water partition coefficient (Wildman–Crippen LogP) is 2.97. The summed E-state index contributed by atoms with van der Waals surface area (Å²) in [6.07, 6.45) is 4.05. The quantitative estimate of drug-likeness (QED) is 0.847. The molecule has 0 saturated carbocycles. The third-order valence-corrected chi connectivity index (χ3v) is 4.91. The van der Waals surface area contributed by atoms with Gasteiger partial charge in [-0.15, -0.1) is 0 Å². The van der Waals surface area contributed by atoms with Crippen molar-refractivity contribution in [3.8, 4) is 0 Å². The molecule has 0 bridgehead atoms. The molecular formula is C20H28N4O. The molecule has 134 valence electrons. The molecule has 0 radical (unpaired) electrons. The molecule has 1 aromatic carbocycles. The maximum atomic E-state index is 9.24. The summed E-state index contributed by atoms with van der Waals surface area (Å²) in [6.45, 7) is 3.07. The first-order valence-corrected chi connectivity index (χ1v) is 8.97. The number of hydrogen-bond acceptors (Lipinski definition) is 5. The summed E-state index contributed by atoms with van der Waals surface area (Å²) in [5.74, 6) is 1.36. The number of nitrogens with one attached hydrogen (secondary N) is 1. The fraction of sp³-hybridized carbons (Fsp3) is 0.450. The van der Waals surface area contributed by atoms with Crippen LogP contribution in [0.1, 0.15) is 18.4 Å². The summed E-state index contributed by atoms with van der Waals surface area (Å²) in [4.78, 5) is 8.99. The van der Waals surface area contributed by atoms with Gasteiger partial charge < -0.3 is 20.2 Å². The Bertz CT molecular complexity index is 646. The Morgan fingerprint density at radius 2 is 1.84 bits per heavy atom. The Balaban J connectivity index is 1.52. The highest BCUT2D eigenvalue weighted by atomic mass is 16.3. The molecule has 1 aliphatic heterocycles. The summed E-state index contributed by atoms with van der Waals surface area (Å²) >= 11 is 0. The van der Waals surface area contributed by atoms with Crippen molar-refractivity contribution in [1.82, 2.24) is 4.98 Å². The summed E-state index contributed by atoms with van der Waals surface area (Å²) in [5.41, 5.74) is 3.61. The van der Waals surface area contributed by atoms with Gasteiger partial charge in [-0.1, -0.05) is 12.1 Å². The Hall–Kier alpha value is -2.27. The minimum atomic E-state index is 0.310. The van der Waals surface area contributed by atoms with Gasteiger partial charge in [-0.25, -0.2) is 4.98 Å². The lowest BCUT2D eigenvalue weighted by molar-refractivity contribution is 0.203. The second-order valence-corrected chi connectivity index (χ2v) is 6.93. The van der Waals surface area contributed by atoms with E-state index in [-0.39, 0.29) is 0 Å². The molecule has 2 heterocycles. The molecule has 0 atom stereocenters. The molecule has 25 heavy (non-hydrogen) atoms.